The molecule has 0 atom stereocenters. The van der Waals surface area contributed by atoms with Gasteiger partial charge in [-0.1, -0.05) is 6.07 Å². The van der Waals surface area contributed by atoms with Gasteiger partial charge in [-0.25, -0.2) is 4.98 Å². The summed E-state index contributed by atoms with van der Waals surface area (Å²) < 4.78 is 5.60. The van der Waals surface area contributed by atoms with Crippen molar-refractivity contribution in [1.82, 2.24) is 25.5 Å². The maximum Gasteiger partial charge on any atom is 0.254 e. The molecule has 3 aromatic rings. The molecule has 0 aliphatic heterocycles. The number of ether oxygens (including phenoxy) is 1. The molecular formula is C18H20N6O2. The lowest BCUT2D eigenvalue weighted by Gasteiger charge is -2.16. The van der Waals surface area contributed by atoms with E-state index >= 15 is 0 Å². The number of methoxy groups -OCH3 is 1. The van der Waals surface area contributed by atoms with Crippen LogP contribution < -0.4 is 15.4 Å². The first kappa shape index (κ1) is 17.4. The van der Waals surface area contributed by atoms with E-state index in [2.05, 4.69) is 30.8 Å². The molecule has 1 amide bonds. The van der Waals surface area contributed by atoms with E-state index in [0.29, 0.717) is 34.3 Å². The molecule has 3 rings (SSSR count). The predicted molar refractivity (Wildman–Crippen MR) is 98.8 cm³/mol. The molecule has 134 valence electrons. The molecule has 0 radical (unpaired) electrons. The lowest BCUT2D eigenvalue weighted by atomic mass is 10.1. The first-order valence-corrected chi connectivity index (χ1v) is 8.05. The molecule has 8 nitrogen and oxygen atoms in total. The second-order valence-corrected chi connectivity index (χ2v) is 5.71. The predicted octanol–water partition coefficient (Wildman–Crippen LogP) is 2.60. The van der Waals surface area contributed by atoms with Crippen LogP contribution in [0.3, 0.4) is 0 Å². The molecule has 26 heavy (non-hydrogen) atoms. The summed E-state index contributed by atoms with van der Waals surface area (Å²) in [5.41, 5.74) is 3.31. The summed E-state index contributed by atoms with van der Waals surface area (Å²) in [6.07, 6.45) is 1.55. The standard InChI is InChI=1S/C18H20N6O2/c1-10-8-15(13(9-20-10)18(25)19-3)22-14-7-5-6-12(16(14)26-4)17-21-11(2)23-24-17/h5-9H,1-4H3,(H,19,25)(H,20,22)(H,21,23,24). The van der Waals surface area contributed by atoms with Gasteiger partial charge in [0.25, 0.3) is 5.91 Å². The number of hydrogen-bond acceptors (Lipinski definition) is 6. The Kier molecular flexibility index (Phi) is 4.83. The average molecular weight is 352 g/mol. The van der Waals surface area contributed by atoms with Gasteiger partial charge in [0.15, 0.2) is 11.6 Å². The number of aromatic nitrogens is 4. The van der Waals surface area contributed by atoms with E-state index in [0.717, 1.165) is 11.3 Å². The van der Waals surface area contributed by atoms with Crippen molar-refractivity contribution in [1.29, 1.82) is 0 Å². The maximum atomic E-state index is 12.1. The van der Waals surface area contributed by atoms with Gasteiger partial charge in [-0.2, -0.15) is 5.10 Å². The Morgan fingerprint density at radius 1 is 1.23 bits per heavy atom. The highest BCUT2D eigenvalue weighted by molar-refractivity contribution is 6.00. The number of nitrogens with one attached hydrogen (secondary N) is 3. The van der Waals surface area contributed by atoms with Gasteiger partial charge < -0.3 is 15.4 Å². The molecular weight excluding hydrogens is 332 g/mol. The lowest BCUT2D eigenvalue weighted by molar-refractivity contribution is 0.0963. The van der Waals surface area contributed by atoms with Gasteiger partial charge in [0.2, 0.25) is 0 Å². The zero-order valence-electron chi connectivity index (χ0n) is 15.0. The molecule has 0 saturated heterocycles. The summed E-state index contributed by atoms with van der Waals surface area (Å²) in [7, 11) is 3.17. The van der Waals surface area contributed by atoms with E-state index in [-0.39, 0.29) is 5.91 Å². The molecule has 0 unspecified atom stereocenters. The van der Waals surface area contributed by atoms with Gasteiger partial charge in [0, 0.05) is 18.9 Å². The van der Waals surface area contributed by atoms with Crippen LogP contribution in [0.25, 0.3) is 11.4 Å². The van der Waals surface area contributed by atoms with E-state index in [1.54, 1.807) is 20.4 Å². The van der Waals surface area contributed by atoms with Crippen molar-refractivity contribution >= 4 is 17.3 Å². The van der Waals surface area contributed by atoms with Gasteiger partial charge in [-0.05, 0) is 32.0 Å². The van der Waals surface area contributed by atoms with Crippen LogP contribution in [0, 0.1) is 13.8 Å². The normalized spacial score (nSPS) is 10.5. The fourth-order valence-electron chi connectivity index (χ4n) is 2.62. The van der Waals surface area contributed by atoms with Gasteiger partial charge in [0.1, 0.15) is 5.82 Å². The summed E-state index contributed by atoms with van der Waals surface area (Å²) in [4.78, 5) is 20.7. The molecule has 0 bridgehead atoms. The smallest absolute Gasteiger partial charge is 0.254 e. The van der Waals surface area contributed by atoms with Gasteiger partial charge in [-0.15, -0.1) is 0 Å². The molecule has 1 aromatic carbocycles. The monoisotopic (exact) mass is 352 g/mol. The fraction of sp³-hybridized carbons (Fsp3) is 0.222. The number of amides is 1. The minimum absolute atomic E-state index is 0.222. The Morgan fingerprint density at radius 3 is 2.69 bits per heavy atom. The van der Waals surface area contributed by atoms with Crippen LogP contribution in [-0.4, -0.2) is 40.2 Å². The minimum Gasteiger partial charge on any atom is -0.494 e. The molecule has 8 heteroatoms. The second-order valence-electron chi connectivity index (χ2n) is 5.71. The van der Waals surface area contributed by atoms with Crippen molar-refractivity contribution in [3.63, 3.8) is 0 Å². The number of carbonyl (C=O) groups excluding carboxylic acids is 1. The van der Waals surface area contributed by atoms with Crippen LogP contribution in [0.1, 0.15) is 21.9 Å². The number of benzene rings is 1. The number of aromatic amines is 1. The van der Waals surface area contributed by atoms with Gasteiger partial charge >= 0.3 is 0 Å². The number of H-pyrrole nitrogens is 1. The Labute approximate surface area is 151 Å². The summed E-state index contributed by atoms with van der Waals surface area (Å²) >= 11 is 0. The number of para-hydroxylation sites is 1. The second kappa shape index (κ2) is 7.22. The highest BCUT2D eigenvalue weighted by atomic mass is 16.5. The molecule has 0 saturated carbocycles. The van der Waals surface area contributed by atoms with E-state index < -0.39 is 0 Å². The molecule has 2 heterocycles. The minimum atomic E-state index is -0.222. The number of nitrogens with zero attached hydrogens (tertiary/aromatic N) is 3. The van der Waals surface area contributed by atoms with Crippen LogP contribution in [0.4, 0.5) is 11.4 Å². The number of anilines is 2. The van der Waals surface area contributed by atoms with E-state index in [1.807, 2.05) is 38.1 Å². The summed E-state index contributed by atoms with van der Waals surface area (Å²) in [6.45, 7) is 3.70. The Morgan fingerprint density at radius 2 is 2.04 bits per heavy atom. The fourth-order valence-corrected chi connectivity index (χ4v) is 2.62. The first-order valence-electron chi connectivity index (χ1n) is 8.05. The van der Waals surface area contributed by atoms with Crippen molar-refractivity contribution in [2.75, 3.05) is 19.5 Å². The first-order chi connectivity index (χ1) is 12.5. The molecule has 2 aromatic heterocycles. The molecule has 0 fully saturated rings. The molecule has 0 spiro atoms. The van der Waals surface area contributed by atoms with Crippen molar-refractivity contribution in [2.45, 2.75) is 13.8 Å². The van der Waals surface area contributed by atoms with Crippen molar-refractivity contribution in [2.24, 2.45) is 0 Å². The summed E-state index contributed by atoms with van der Waals surface area (Å²) in [6, 6.07) is 7.43. The third kappa shape index (κ3) is 3.34. The topological polar surface area (TPSA) is 105 Å². The summed E-state index contributed by atoms with van der Waals surface area (Å²) in [5, 5.41) is 12.9. The van der Waals surface area contributed by atoms with Crippen LogP contribution in [0.15, 0.2) is 30.5 Å². The highest BCUT2D eigenvalue weighted by Gasteiger charge is 2.17. The molecule has 0 aliphatic carbocycles. The Balaban J connectivity index is 2.06. The maximum absolute atomic E-state index is 12.1. The van der Waals surface area contributed by atoms with E-state index in [4.69, 9.17) is 4.74 Å². The number of hydrogen-bond donors (Lipinski definition) is 3. The van der Waals surface area contributed by atoms with Crippen LogP contribution >= 0.6 is 0 Å². The van der Waals surface area contributed by atoms with Crippen LogP contribution in [0.5, 0.6) is 5.75 Å². The largest absolute Gasteiger partial charge is 0.494 e. The number of pyridine rings is 1. The SMILES string of the molecule is CNC(=O)c1cnc(C)cc1Nc1cccc(-c2n[nH]c(C)n2)c1OC. The molecule has 0 aliphatic rings. The summed E-state index contributed by atoms with van der Waals surface area (Å²) in [5.74, 6) is 1.62. The van der Waals surface area contributed by atoms with Gasteiger partial charge in [0.05, 0.1) is 29.6 Å². The highest BCUT2D eigenvalue weighted by Crippen LogP contribution is 2.37. The van der Waals surface area contributed by atoms with E-state index in [1.165, 1.54) is 0 Å². The van der Waals surface area contributed by atoms with Gasteiger partial charge in [-0.3, -0.25) is 14.9 Å². The third-order valence-corrected chi connectivity index (χ3v) is 3.84. The van der Waals surface area contributed by atoms with E-state index in [9.17, 15) is 4.79 Å². The van der Waals surface area contributed by atoms with Crippen LogP contribution in [0.2, 0.25) is 0 Å². The Bertz CT molecular complexity index is 951. The molecule has 3 N–H and O–H groups in total. The number of rotatable bonds is 5. The van der Waals surface area contributed by atoms with Crippen molar-refractivity contribution in [3.8, 4) is 17.1 Å². The van der Waals surface area contributed by atoms with Crippen molar-refractivity contribution < 1.29 is 9.53 Å². The average Bonchev–Trinajstić information content (AvgIpc) is 3.07. The lowest BCUT2D eigenvalue weighted by Crippen LogP contribution is -2.19. The Hall–Kier alpha value is -3.42. The third-order valence-electron chi connectivity index (χ3n) is 3.84. The zero-order chi connectivity index (χ0) is 18.7. The zero-order valence-corrected chi connectivity index (χ0v) is 15.0. The number of carbonyl (C=O) groups is 1. The quantitative estimate of drug-likeness (QED) is 0.652. The van der Waals surface area contributed by atoms with Crippen molar-refractivity contribution in [3.05, 3.63) is 47.5 Å². The number of aryl methyl sites for hydroxylation is 2. The van der Waals surface area contributed by atoms with Crippen LogP contribution in [-0.2, 0) is 0 Å².